The Hall–Kier alpha value is -0.610. The summed E-state index contributed by atoms with van der Waals surface area (Å²) >= 11 is 0. The average Bonchev–Trinajstić information content (AvgIpc) is 2.21. The van der Waals surface area contributed by atoms with Gasteiger partial charge < -0.3 is 15.4 Å². The second kappa shape index (κ2) is 8.68. The third-order valence-corrected chi connectivity index (χ3v) is 2.15. The molecular weight excluding hydrogens is 192 g/mol. The number of amides is 1. The van der Waals surface area contributed by atoms with Crippen molar-refractivity contribution >= 4 is 5.91 Å². The first kappa shape index (κ1) is 14.4. The predicted octanol–water partition coefficient (Wildman–Crippen LogP) is 0.916. The number of nitrogens with one attached hydrogen (secondary N) is 2. The Morgan fingerprint density at radius 2 is 1.93 bits per heavy atom. The molecule has 0 aliphatic heterocycles. The van der Waals surface area contributed by atoms with E-state index in [0.717, 1.165) is 26.0 Å². The fraction of sp³-hybridized carbons (Fsp3) is 0.909. The number of hydrogen-bond acceptors (Lipinski definition) is 3. The summed E-state index contributed by atoms with van der Waals surface area (Å²) in [5, 5.41) is 5.76. The van der Waals surface area contributed by atoms with Crippen molar-refractivity contribution in [3.8, 4) is 0 Å². The first-order chi connectivity index (χ1) is 7.07. The predicted molar refractivity (Wildman–Crippen MR) is 61.9 cm³/mol. The number of unbranched alkanes of at least 4 members (excludes halogenated alkanes) is 1. The lowest BCUT2D eigenvalue weighted by Gasteiger charge is -2.11. The Labute approximate surface area is 92.8 Å². The van der Waals surface area contributed by atoms with Crippen molar-refractivity contribution in [1.82, 2.24) is 10.6 Å². The summed E-state index contributed by atoms with van der Waals surface area (Å²) in [6, 6.07) is -0.114. The van der Waals surface area contributed by atoms with E-state index in [0.29, 0.717) is 6.10 Å². The van der Waals surface area contributed by atoms with Gasteiger partial charge in [0.2, 0.25) is 5.91 Å². The molecule has 1 atom stereocenters. The molecular formula is C11H24N2O2. The van der Waals surface area contributed by atoms with Gasteiger partial charge in [-0.25, -0.2) is 0 Å². The van der Waals surface area contributed by atoms with Gasteiger partial charge in [0.1, 0.15) is 0 Å². The van der Waals surface area contributed by atoms with Crippen LogP contribution in [0.2, 0.25) is 0 Å². The molecule has 0 fully saturated rings. The van der Waals surface area contributed by atoms with Crippen LogP contribution in [0.4, 0.5) is 0 Å². The van der Waals surface area contributed by atoms with Crippen LogP contribution >= 0.6 is 0 Å². The van der Waals surface area contributed by atoms with E-state index in [9.17, 15) is 4.79 Å². The van der Waals surface area contributed by atoms with Crippen LogP contribution in [0.25, 0.3) is 0 Å². The van der Waals surface area contributed by atoms with Crippen LogP contribution in [0.5, 0.6) is 0 Å². The molecule has 4 nitrogen and oxygen atoms in total. The van der Waals surface area contributed by atoms with Gasteiger partial charge in [0, 0.05) is 13.2 Å². The number of rotatable bonds is 8. The summed E-state index contributed by atoms with van der Waals surface area (Å²) in [5.74, 6) is 0.0577. The van der Waals surface area contributed by atoms with Crippen molar-refractivity contribution in [2.24, 2.45) is 0 Å². The number of carbonyl (C=O) groups is 1. The smallest absolute Gasteiger partial charge is 0.236 e. The molecule has 0 bridgehead atoms. The molecule has 0 aliphatic carbocycles. The van der Waals surface area contributed by atoms with Crippen molar-refractivity contribution in [1.29, 1.82) is 0 Å². The molecule has 0 aromatic carbocycles. The normalized spacial score (nSPS) is 12.9. The van der Waals surface area contributed by atoms with E-state index in [1.54, 1.807) is 7.05 Å². The largest absolute Gasteiger partial charge is 0.379 e. The summed E-state index contributed by atoms with van der Waals surface area (Å²) in [4.78, 5) is 11.3. The molecule has 4 heteroatoms. The van der Waals surface area contributed by atoms with E-state index in [1.807, 2.05) is 20.8 Å². The van der Waals surface area contributed by atoms with E-state index < -0.39 is 0 Å². The fourth-order valence-corrected chi connectivity index (χ4v) is 1.04. The van der Waals surface area contributed by atoms with Crippen molar-refractivity contribution in [3.63, 3.8) is 0 Å². The lowest BCUT2D eigenvalue weighted by molar-refractivity contribution is -0.122. The van der Waals surface area contributed by atoms with Gasteiger partial charge in [0.05, 0.1) is 12.1 Å². The van der Waals surface area contributed by atoms with Gasteiger partial charge in [-0.1, -0.05) is 0 Å². The van der Waals surface area contributed by atoms with Crippen LogP contribution < -0.4 is 10.6 Å². The summed E-state index contributed by atoms with van der Waals surface area (Å²) in [5.41, 5.74) is 0. The highest BCUT2D eigenvalue weighted by Gasteiger charge is 2.07. The topological polar surface area (TPSA) is 50.4 Å². The maximum atomic E-state index is 11.3. The van der Waals surface area contributed by atoms with Crippen LogP contribution in [0, 0.1) is 0 Å². The molecule has 90 valence electrons. The van der Waals surface area contributed by atoms with Crippen LogP contribution in [0.3, 0.4) is 0 Å². The highest BCUT2D eigenvalue weighted by Crippen LogP contribution is 1.93. The molecule has 2 N–H and O–H groups in total. The molecule has 0 rings (SSSR count). The second-order valence-electron chi connectivity index (χ2n) is 3.93. The molecule has 0 saturated heterocycles. The number of ether oxygens (including phenoxy) is 1. The molecule has 0 radical (unpaired) electrons. The molecule has 0 heterocycles. The zero-order valence-corrected chi connectivity index (χ0v) is 10.3. The van der Waals surface area contributed by atoms with Crippen molar-refractivity contribution in [3.05, 3.63) is 0 Å². The summed E-state index contributed by atoms with van der Waals surface area (Å²) in [6.07, 6.45) is 2.25. The maximum Gasteiger partial charge on any atom is 0.236 e. The van der Waals surface area contributed by atoms with Crippen LogP contribution in [0.1, 0.15) is 33.6 Å². The zero-order chi connectivity index (χ0) is 11.7. The molecule has 0 aromatic rings. The standard InChI is InChI=1S/C11H24N2O2/c1-9(2)15-8-6-5-7-13-11(14)10(3)12-4/h9-10,12H,5-8H2,1-4H3,(H,13,14). The molecule has 0 spiro atoms. The third kappa shape index (κ3) is 8.39. The van der Waals surface area contributed by atoms with E-state index in [1.165, 1.54) is 0 Å². The molecule has 15 heavy (non-hydrogen) atoms. The first-order valence-corrected chi connectivity index (χ1v) is 5.64. The van der Waals surface area contributed by atoms with Gasteiger partial charge in [-0.05, 0) is 40.7 Å². The van der Waals surface area contributed by atoms with Crippen LogP contribution in [0.15, 0.2) is 0 Å². The Morgan fingerprint density at radius 3 is 2.47 bits per heavy atom. The minimum absolute atomic E-state index is 0.0577. The minimum atomic E-state index is -0.114. The highest BCUT2D eigenvalue weighted by molar-refractivity contribution is 5.81. The van der Waals surface area contributed by atoms with Crippen molar-refractivity contribution < 1.29 is 9.53 Å². The second-order valence-corrected chi connectivity index (χ2v) is 3.93. The van der Waals surface area contributed by atoms with Crippen molar-refractivity contribution in [2.45, 2.75) is 45.8 Å². The van der Waals surface area contributed by atoms with E-state index >= 15 is 0 Å². The van der Waals surface area contributed by atoms with Gasteiger partial charge >= 0.3 is 0 Å². The highest BCUT2D eigenvalue weighted by atomic mass is 16.5. The van der Waals surface area contributed by atoms with E-state index in [-0.39, 0.29) is 11.9 Å². The summed E-state index contributed by atoms with van der Waals surface area (Å²) in [6.45, 7) is 7.39. The lowest BCUT2D eigenvalue weighted by Crippen LogP contribution is -2.40. The lowest BCUT2D eigenvalue weighted by atomic mass is 10.3. The zero-order valence-electron chi connectivity index (χ0n) is 10.3. The van der Waals surface area contributed by atoms with Gasteiger partial charge in [-0.15, -0.1) is 0 Å². The van der Waals surface area contributed by atoms with E-state index in [4.69, 9.17) is 4.74 Å². The number of hydrogen-bond donors (Lipinski definition) is 2. The first-order valence-electron chi connectivity index (χ1n) is 5.64. The van der Waals surface area contributed by atoms with E-state index in [2.05, 4.69) is 10.6 Å². The molecule has 0 saturated carbocycles. The third-order valence-electron chi connectivity index (χ3n) is 2.15. The van der Waals surface area contributed by atoms with Crippen LogP contribution in [-0.2, 0) is 9.53 Å². The van der Waals surface area contributed by atoms with Gasteiger partial charge in [-0.2, -0.15) is 0 Å². The van der Waals surface area contributed by atoms with Gasteiger partial charge in [-0.3, -0.25) is 4.79 Å². The summed E-state index contributed by atoms with van der Waals surface area (Å²) < 4.78 is 5.39. The monoisotopic (exact) mass is 216 g/mol. The Bertz CT molecular complexity index is 172. The van der Waals surface area contributed by atoms with Gasteiger partial charge in [0.15, 0.2) is 0 Å². The summed E-state index contributed by atoms with van der Waals surface area (Å²) in [7, 11) is 1.78. The Balaban J connectivity index is 3.27. The minimum Gasteiger partial charge on any atom is -0.379 e. The molecule has 0 aliphatic rings. The van der Waals surface area contributed by atoms with Crippen molar-refractivity contribution in [2.75, 3.05) is 20.2 Å². The Kier molecular flexibility index (Phi) is 8.33. The molecule has 1 amide bonds. The number of carbonyl (C=O) groups excluding carboxylic acids is 1. The average molecular weight is 216 g/mol. The van der Waals surface area contributed by atoms with Gasteiger partial charge in [0.25, 0.3) is 0 Å². The molecule has 0 aromatic heterocycles. The fourth-order valence-electron chi connectivity index (χ4n) is 1.04. The van der Waals surface area contributed by atoms with Crippen LogP contribution in [-0.4, -0.2) is 38.3 Å². The SMILES string of the molecule is CNC(C)C(=O)NCCCCOC(C)C. The Morgan fingerprint density at radius 1 is 1.27 bits per heavy atom. The maximum absolute atomic E-state index is 11.3. The molecule has 1 unspecified atom stereocenters. The quantitative estimate of drug-likeness (QED) is 0.593. The number of likely N-dealkylation sites (N-methyl/N-ethyl adjacent to an activating group) is 1.